The largest absolute Gasteiger partial charge is 0.335 e. The SMILES string of the molecule is CCN(C(=O)c1n[nH]c(C(C)C)c1S(N)(=O)=O)C1CC1. The van der Waals surface area contributed by atoms with Gasteiger partial charge in [-0.3, -0.25) is 9.89 Å². The standard InChI is InChI=1S/C12H20N4O3S/c1-4-16(8-5-6-8)12(17)10-11(20(13,18)19)9(7(2)3)14-15-10/h7-8H,4-6H2,1-3H3,(H,14,15)(H2,13,18,19). The van der Waals surface area contributed by atoms with Crippen LogP contribution in [-0.4, -0.2) is 42.0 Å². The molecule has 112 valence electrons. The van der Waals surface area contributed by atoms with Crippen molar-refractivity contribution in [2.24, 2.45) is 5.14 Å². The van der Waals surface area contributed by atoms with Gasteiger partial charge >= 0.3 is 0 Å². The lowest BCUT2D eigenvalue weighted by Crippen LogP contribution is -2.34. The minimum absolute atomic E-state index is 0.0926. The Kier molecular flexibility index (Phi) is 3.88. The summed E-state index contributed by atoms with van der Waals surface area (Å²) in [5.41, 5.74) is 0.285. The van der Waals surface area contributed by atoms with Crippen LogP contribution in [0.3, 0.4) is 0 Å². The van der Waals surface area contributed by atoms with E-state index in [9.17, 15) is 13.2 Å². The number of hydrogen-bond acceptors (Lipinski definition) is 4. The molecule has 0 atom stereocenters. The summed E-state index contributed by atoms with van der Waals surface area (Å²) in [6.45, 7) is 6.02. The number of H-pyrrole nitrogens is 1. The lowest BCUT2D eigenvalue weighted by atomic mass is 10.1. The van der Waals surface area contributed by atoms with Crippen LogP contribution in [0.25, 0.3) is 0 Å². The summed E-state index contributed by atoms with van der Waals surface area (Å²) < 4.78 is 23.6. The zero-order chi connectivity index (χ0) is 15.1. The minimum atomic E-state index is -4.00. The van der Waals surface area contributed by atoms with E-state index >= 15 is 0 Å². The van der Waals surface area contributed by atoms with Gasteiger partial charge in [0.1, 0.15) is 4.90 Å². The molecule has 2 rings (SSSR count). The highest BCUT2D eigenvalue weighted by Gasteiger charge is 2.36. The normalized spacial score (nSPS) is 15.7. The predicted octanol–water partition coefficient (Wildman–Crippen LogP) is 0.805. The second-order valence-electron chi connectivity index (χ2n) is 5.34. The van der Waals surface area contributed by atoms with Crippen molar-refractivity contribution in [3.8, 4) is 0 Å². The Morgan fingerprint density at radius 1 is 1.50 bits per heavy atom. The maximum atomic E-state index is 12.5. The van der Waals surface area contributed by atoms with Crippen LogP contribution in [0, 0.1) is 0 Å². The zero-order valence-electron chi connectivity index (χ0n) is 11.9. The molecule has 1 aliphatic rings. The van der Waals surface area contributed by atoms with E-state index in [4.69, 9.17) is 5.14 Å². The Bertz CT molecular complexity index is 617. The summed E-state index contributed by atoms with van der Waals surface area (Å²) in [5.74, 6) is -0.490. The molecule has 3 N–H and O–H groups in total. The van der Waals surface area contributed by atoms with Crippen molar-refractivity contribution in [3.05, 3.63) is 11.4 Å². The molecule has 0 radical (unpaired) electrons. The highest BCUT2D eigenvalue weighted by molar-refractivity contribution is 7.89. The first kappa shape index (κ1) is 15.0. The average Bonchev–Trinajstić information content (AvgIpc) is 3.05. The second-order valence-corrected chi connectivity index (χ2v) is 6.84. The Morgan fingerprint density at radius 2 is 2.10 bits per heavy atom. The quantitative estimate of drug-likeness (QED) is 0.838. The summed E-state index contributed by atoms with van der Waals surface area (Å²) in [4.78, 5) is 14.0. The number of amides is 1. The molecular weight excluding hydrogens is 280 g/mol. The number of nitrogens with one attached hydrogen (secondary N) is 1. The third-order valence-corrected chi connectivity index (χ3v) is 4.38. The smallest absolute Gasteiger partial charge is 0.276 e. The topological polar surface area (TPSA) is 109 Å². The molecule has 0 unspecified atom stereocenters. The fraction of sp³-hybridized carbons (Fsp3) is 0.667. The number of nitrogens with zero attached hydrogens (tertiary/aromatic N) is 2. The van der Waals surface area contributed by atoms with Crippen LogP contribution in [0.5, 0.6) is 0 Å². The van der Waals surface area contributed by atoms with Gasteiger partial charge in [-0.25, -0.2) is 13.6 Å². The summed E-state index contributed by atoms with van der Waals surface area (Å²) in [5, 5.41) is 11.8. The molecule has 1 saturated carbocycles. The molecule has 0 aliphatic heterocycles. The highest BCUT2D eigenvalue weighted by Crippen LogP contribution is 2.30. The molecule has 0 aromatic carbocycles. The fourth-order valence-corrected chi connectivity index (χ4v) is 3.25. The van der Waals surface area contributed by atoms with Crippen LogP contribution >= 0.6 is 0 Å². The molecule has 0 bridgehead atoms. The number of rotatable bonds is 5. The van der Waals surface area contributed by atoms with E-state index < -0.39 is 10.0 Å². The van der Waals surface area contributed by atoms with E-state index in [1.807, 2.05) is 20.8 Å². The monoisotopic (exact) mass is 300 g/mol. The van der Waals surface area contributed by atoms with Gasteiger partial charge in [-0.05, 0) is 25.7 Å². The van der Waals surface area contributed by atoms with Crippen LogP contribution in [0.15, 0.2) is 4.90 Å². The lowest BCUT2D eigenvalue weighted by Gasteiger charge is -2.19. The van der Waals surface area contributed by atoms with E-state index in [-0.39, 0.29) is 28.5 Å². The van der Waals surface area contributed by atoms with E-state index in [1.54, 1.807) is 4.90 Å². The van der Waals surface area contributed by atoms with Crippen LogP contribution in [0.2, 0.25) is 0 Å². The number of aromatic amines is 1. The van der Waals surface area contributed by atoms with Crippen molar-refractivity contribution in [3.63, 3.8) is 0 Å². The first-order valence-electron chi connectivity index (χ1n) is 6.69. The number of carbonyl (C=O) groups is 1. The van der Waals surface area contributed by atoms with Gasteiger partial charge in [0.15, 0.2) is 5.69 Å². The number of hydrogen-bond donors (Lipinski definition) is 2. The van der Waals surface area contributed by atoms with Gasteiger partial charge in [0.2, 0.25) is 10.0 Å². The fourth-order valence-electron chi connectivity index (χ4n) is 2.26. The maximum Gasteiger partial charge on any atom is 0.276 e. The molecular formula is C12H20N4O3S. The molecule has 1 aliphatic carbocycles. The average molecular weight is 300 g/mol. The van der Waals surface area contributed by atoms with Crippen molar-refractivity contribution >= 4 is 15.9 Å². The zero-order valence-corrected chi connectivity index (χ0v) is 12.7. The van der Waals surface area contributed by atoms with E-state index in [2.05, 4.69) is 10.2 Å². The van der Waals surface area contributed by atoms with Gasteiger partial charge < -0.3 is 4.90 Å². The van der Waals surface area contributed by atoms with Crippen LogP contribution < -0.4 is 5.14 Å². The Hall–Kier alpha value is -1.41. The molecule has 0 saturated heterocycles. The predicted molar refractivity (Wildman–Crippen MR) is 73.8 cm³/mol. The first-order chi connectivity index (χ1) is 9.27. The third kappa shape index (κ3) is 2.71. The number of nitrogens with two attached hydrogens (primary N) is 1. The lowest BCUT2D eigenvalue weighted by molar-refractivity contribution is 0.0742. The molecule has 0 spiro atoms. The summed E-state index contributed by atoms with van der Waals surface area (Å²) in [7, 11) is -4.00. The van der Waals surface area contributed by atoms with Crippen molar-refractivity contribution in [2.45, 2.75) is 50.5 Å². The van der Waals surface area contributed by atoms with Crippen LogP contribution in [0.1, 0.15) is 55.7 Å². The highest BCUT2D eigenvalue weighted by atomic mass is 32.2. The van der Waals surface area contributed by atoms with Gasteiger partial charge in [0.05, 0.1) is 5.69 Å². The first-order valence-corrected chi connectivity index (χ1v) is 8.24. The molecule has 1 heterocycles. The Morgan fingerprint density at radius 3 is 2.50 bits per heavy atom. The number of aromatic nitrogens is 2. The van der Waals surface area contributed by atoms with Crippen LogP contribution in [-0.2, 0) is 10.0 Å². The second kappa shape index (κ2) is 5.17. The van der Waals surface area contributed by atoms with Gasteiger partial charge in [0, 0.05) is 12.6 Å². The van der Waals surface area contributed by atoms with E-state index in [0.717, 1.165) is 12.8 Å². The number of primary sulfonamides is 1. The van der Waals surface area contributed by atoms with Gasteiger partial charge in [-0.15, -0.1) is 0 Å². The van der Waals surface area contributed by atoms with Crippen molar-refractivity contribution < 1.29 is 13.2 Å². The van der Waals surface area contributed by atoms with Crippen molar-refractivity contribution in [2.75, 3.05) is 6.54 Å². The third-order valence-electron chi connectivity index (χ3n) is 3.40. The number of sulfonamides is 1. The maximum absolute atomic E-state index is 12.5. The van der Waals surface area contributed by atoms with E-state index in [1.165, 1.54) is 0 Å². The molecule has 20 heavy (non-hydrogen) atoms. The van der Waals surface area contributed by atoms with Gasteiger partial charge in [-0.2, -0.15) is 5.10 Å². The molecule has 1 amide bonds. The Balaban J connectivity index is 2.49. The number of carbonyl (C=O) groups excluding carboxylic acids is 1. The van der Waals surface area contributed by atoms with Crippen molar-refractivity contribution in [1.29, 1.82) is 0 Å². The molecule has 1 aromatic rings. The minimum Gasteiger partial charge on any atom is -0.335 e. The Labute approximate surface area is 118 Å². The summed E-state index contributed by atoms with van der Waals surface area (Å²) >= 11 is 0. The van der Waals surface area contributed by atoms with Crippen molar-refractivity contribution in [1.82, 2.24) is 15.1 Å². The van der Waals surface area contributed by atoms with Crippen LogP contribution in [0.4, 0.5) is 0 Å². The molecule has 8 heteroatoms. The molecule has 7 nitrogen and oxygen atoms in total. The summed E-state index contributed by atoms with van der Waals surface area (Å²) in [6.07, 6.45) is 1.90. The van der Waals surface area contributed by atoms with Gasteiger partial charge in [-0.1, -0.05) is 13.8 Å². The molecule has 1 fully saturated rings. The van der Waals surface area contributed by atoms with E-state index in [0.29, 0.717) is 12.2 Å². The van der Waals surface area contributed by atoms with Gasteiger partial charge in [0.25, 0.3) is 5.91 Å². The summed E-state index contributed by atoms with van der Waals surface area (Å²) in [6, 6.07) is 0.194. The molecule has 1 aromatic heterocycles.